The summed E-state index contributed by atoms with van der Waals surface area (Å²) in [6, 6.07) is 5.36. The van der Waals surface area contributed by atoms with Crippen LogP contribution < -0.4 is 10.6 Å². The normalized spacial score (nSPS) is 12.9. The van der Waals surface area contributed by atoms with Crippen molar-refractivity contribution in [2.75, 3.05) is 19.5 Å². The third kappa shape index (κ3) is 4.69. The highest BCUT2D eigenvalue weighted by Gasteiger charge is 2.20. The zero-order valence-corrected chi connectivity index (χ0v) is 13.5. The molecule has 1 rings (SSSR count). The van der Waals surface area contributed by atoms with Crippen LogP contribution in [-0.2, 0) is 4.74 Å². The average molecular weight is 299 g/mol. The van der Waals surface area contributed by atoms with Gasteiger partial charge in [0.25, 0.3) is 5.91 Å². The molecule has 0 aliphatic rings. The van der Waals surface area contributed by atoms with Crippen LogP contribution in [-0.4, -0.2) is 31.7 Å². The molecule has 0 heterocycles. The van der Waals surface area contributed by atoms with Gasteiger partial charge in [-0.3, -0.25) is 4.79 Å². The number of anilines is 1. The maximum atomic E-state index is 11.6. The minimum atomic E-state index is -0.211. The number of methoxy groups -OCH3 is 1. The molecule has 0 fully saturated rings. The van der Waals surface area contributed by atoms with Crippen molar-refractivity contribution >= 4 is 23.2 Å². The lowest BCUT2D eigenvalue weighted by atomic mass is 9.99. The lowest BCUT2D eigenvalue weighted by molar-refractivity contribution is 0.0128. The van der Waals surface area contributed by atoms with Gasteiger partial charge in [0.2, 0.25) is 0 Å². The minimum absolute atomic E-state index is 0.130. The molecule has 0 spiro atoms. The first kappa shape index (κ1) is 16.8. The van der Waals surface area contributed by atoms with Crippen molar-refractivity contribution in [3.63, 3.8) is 0 Å². The van der Waals surface area contributed by atoms with Crippen LogP contribution in [0.25, 0.3) is 0 Å². The van der Waals surface area contributed by atoms with Crippen LogP contribution in [0.4, 0.5) is 5.69 Å². The van der Waals surface area contributed by atoms with Gasteiger partial charge < -0.3 is 15.4 Å². The predicted molar refractivity (Wildman–Crippen MR) is 83.6 cm³/mol. The summed E-state index contributed by atoms with van der Waals surface area (Å²) in [4.78, 5) is 11.6. The number of carbonyl (C=O) groups excluding carboxylic acids is 1. The van der Waals surface area contributed by atoms with Gasteiger partial charge in [-0.15, -0.1) is 0 Å². The smallest absolute Gasteiger partial charge is 0.251 e. The fourth-order valence-electron chi connectivity index (χ4n) is 2.06. The molecule has 2 N–H and O–H groups in total. The average Bonchev–Trinajstić information content (AvgIpc) is 2.39. The third-order valence-electron chi connectivity index (χ3n) is 3.21. The lowest BCUT2D eigenvalue weighted by Crippen LogP contribution is -2.31. The van der Waals surface area contributed by atoms with Gasteiger partial charge in [-0.2, -0.15) is 0 Å². The second-order valence-electron chi connectivity index (χ2n) is 5.49. The van der Waals surface area contributed by atoms with Crippen LogP contribution in [0.15, 0.2) is 18.2 Å². The number of halogens is 1. The molecule has 0 saturated carbocycles. The van der Waals surface area contributed by atoms with E-state index in [4.69, 9.17) is 16.3 Å². The molecule has 1 amide bonds. The van der Waals surface area contributed by atoms with Crippen LogP contribution in [0, 0.1) is 0 Å². The summed E-state index contributed by atoms with van der Waals surface area (Å²) in [6.45, 7) is 6.13. The van der Waals surface area contributed by atoms with E-state index in [1.165, 1.54) is 0 Å². The summed E-state index contributed by atoms with van der Waals surface area (Å²) >= 11 is 6.17. The fraction of sp³-hybridized carbons (Fsp3) is 0.533. The number of amides is 1. The van der Waals surface area contributed by atoms with Crippen molar-refractivity contribution < 1.29 is 9.53 Å². The first-order valence-corrected chi connectivity index (χ1v) is 7.00. The molecular formula is C15H23ClN2O2. The van der Waals surface area contributed by atoms with Crippen molar-refractivity contribution in [1.82, 2.24) is 5.32 Å². The fourth-order valence-corrected chi connectivity index (χ4v) is 2.23. The molecule has 1 aromatic rings. The summed E-state index contributed by atoms with van der Waals surface area (Å²) < 4.78 is 5.42. The highest BCUT2D eigenvalue weighted by Crippen LogP contribution is 2.26. The Labute approximate surface area is 125 Å². The van der Waals surface area contributed by atoms with Crippen LogP contribution in [0.3, 0.4) is 0 Å². The molecule has 1 atom stereocenters. The molecule has 112 valence electrons. The van der Waals surface area contributed by atoms with Gasteiger partial charge in [0.05, 0.1) is 16.3 Å². The number of rotatable bonds is 6. The molecule has 0 saturated heterocycles. The quantitative estimate of drug-likeness (QED) is 0.847. The van der Waals surface area contributed by atoms with E-state index in [-0.39, 0.29) is 17.6 Å². The summed E-state index contributed by atoms with van der Waals surface area (Å²) in [5.74, 6) is -0.130. The van der Waals surface area contributed by atoms with E-state index in [0.29, 0.717) is 10.6 Å². The Kier molecular flexibility index (Phi) is 5.84. The molecule has 20 heavy (non-hydrogen) atoms. The van der Waals surface area contributed by atoms with Crippen molar-refractivity contribution in [1.29, 1.82) is 0 Å². The van der Waals surface area contributed by atoms with Gasteiger partial charge in [0.1, 0.15) is 0 Å². The molecule has 0 bridgehead atoms. The van der Waals surface area contributed by atoms with E-state index in [0.717, 1.165) is 12.1 Å². The number of carbonyl (C=O) groups is 1. The maximum Gasteiger partial charge on any atom is 0.251 e. The first-order chi connectivity index (χ1) is 9.29. The van der Waals surface area contributed by atoms with Gasteiger partial charge in [-0.1, -0.05) is 11.6 Å². The zero-order valence-electron chi connectivity index (χ0n) is 12.7. The molecule has 0 aromatic heterocycles. The summed E-state index contributed by atoms with van der Waals surface area (Å²) in [5.41, 5.74) is 1.13. The topological polar surface area (TPSA) is 50.4 Å². The first-order valence-electron chi connectivity index (χ1n) is 6.62. The van der Waals surface area contributed by atoms with Gasteiger partial charge in [-0.25, -0.2) is 0 Å². The lowest BCUT2D eigenvalue weighted by Gasteiger charge is -2.28. The number of nitrogens with one attached hydrogen (secondary N) is 2. The Hall–Kier alpha value is -1.26. The molecular weight excluding hydrogens is 276 g/mol. The highest BCUT2D eigenvalue weighted by atomic mass is 35.5. The molecule has 1 aromatic carbocycles. The minimum Gasteiger partial charge on any atom is -0.381 e. The number of hydrogen-bond acceptors (Lipinski definition) is 3. The van der Waals surface area contributed by atoms with E-state index >= 15 is 0 Å². The second kappa shape index (κ2) is 6.95. The SMILES string of the molecule is CNC(=O)c1ccc(Cl)c(NC(C)CC(C)(C)OC)c1. The van der Waals surface area contributed by atoms with Gasteiger partial charge in [0.15, 0.2) is 0 Å². The standard InChI is InChI=1S/C15H23ClN2O2/c1-10(9-15(2,3)20-5)18-13-8-11(14(19)17-4)6-7-12(13)16/h6-8,10,18H,9H2,1-5H3,(H,17,19). The summed E-state index contributed by atoms with van der Waals surface area (Å²) in [5, 5.41) is 6.52. The zero-order chi connectivity index (χ0) is 15.3. The molecule has 5 heteroatoms. The van der Waals surface area contributed by atoms with E-state index in [9.17, 15) is 4.79 Å². The predicted octanol–water partition coefficient (Wildman–Crippen LogP) is 3.32. The third-order valence-corrected chi connectivity index (χ3v) is 3.54. The van der Waals surface area contributed by atoms with Crippen LogP contribution >= 0.6 is 11.6 Å². The van der Waals surface area contributed by atoms with Gasteiger partial charge in [-0.05, 0) is 45.4 Å². The highest BCUT2D eigenvalue weighted by molar-refractivity contribution is 6.33. The number of hydrogen-bond donors (Lipinski definition) is 2. The maximum absolute atomic E-state index is 11.6. The van der Waals surface area contributed by atoms with Crippen molar-refractivity contribution in [3.8, 4) is 0 Å². The molecule has 0 radical (unpaired) electrons. The van der Waals surface area contributed by atoms with Crippen molar-refractivity contribution in [2.24, 2.45) is 0 Å². The molecule has 1 unspecified atom stereocenters. The Balaban J connectivity index is 2.83. The van der Waals surface area contributed by atoms with Gasteiger partial charge >= 0.3 is 0 Å². The van der Waals surface area contributed by atoms with Crippen LogP contribution in [0.5, 0.6) is 0 Å². The van der Waals surface area contributed by atoms with E-state index in [1.807, 2.05) is 13.8 Å². The van der Waals surface area contributed by atoms with Crippen molar-refractivity contribution in [3.05, 3.63) is 28.8 Å². The van der Waals surface area contributed by atoms with E-state index in [1.54, 1.807) is 32.4 Å². The number of benzene rings is 1. The molecule has 4 nitrogen and oxygen atoms in total. The number of ether oxygens (including phenoxy) is 1. The Morgan fingerprint density at radius 2 is 2.10 bits per heavy atom. The van der Waals surface area contributed by atoms with Crippen LogP contribution in [0.2, 0.25) is 5.02 Å². The molecule has 0 aliphatic carbocycles. The summed E-state index contributed by atoms with van der Waals surface area (Å²) in [7, 11) is 3.31. The molecule has 0 aliphatic heterocycles. The Morgan fingerprint density at radius 1 is 1.45 bits per heavy atom. The summed E-state index contributed by atoms with van der Waals surface area (Å²) in [6.07, 6.45) is 0.823. The Bertz CT molecular complexity index is 475. The monoisotopic (exact) mass is 298 g/mol. The van der Waals surface area contributed by atoms with E-state index < -0.39 is 0 Å². The largest absolute Gasteiger partial charge is 0.381 e. The van der Waals surface area contributed by atoms with Crippen LogP contribution in [0.1, 0.15) is 37.6 Å². The van der Waals surface area contributed by atoms with E-state index in [2.05, 4.69) is 17.6 Å². The van der Waals surface area contributed by atoms with Gasteiger partial charge in [0, 0.05) is 25.8 Å². The van der Waals surface area contributed by atoms with Crippen molar-refractivity contribution in [2.45, 2.75) is 38.8 Å². The Morgan fingerprint density at radius 3 is 2.65 bits per heavy atom. The second-order valence-corrected chi connectivity index (χ2v) is 5.89.